The molecule has 22 heteroatoms. The quantitative estimate of drug-likeness (QED) is 0.141. The van der Waals surface area contributed by atoms with Crippen LogP contribution in [0.3, 0.4) is 0 Å². The van der Waals surface area contributed by atoms with Crippen LogP contribution in [0.25, 0.3) is 10.4 Å². The highest BCUT2D eigenvalue weighted by Gasteiger charge is 2.45. The first-order chi connectivity index (χ1) is 14.1. The number of aliphatic hydroxyl groups excluding tert-OH is 1. The number of aromatic nitrogens is 2. The third-order valence-corrected chi connectivity index (χ3v) is 7.11. The van der Waals surface area contributed by atoms with Crippen LogP contribution in [0.15, 0.2) is 27.0 Å². The highest BCUT2D eigenvalue weighted by molar-refractivity contribution is 7.64. The second kappa shape index (κ2) is 9.44. The van der Waals surface area contributed by atoms with Gasteiger partial charge in [-0.1, -0.05) is 5.11 Å². The number of rotatable bonds is 9. The van der Waals surface area contributed by atoms with Crippen molar-refractivity contribution in [2.45, 2.75) is 24.5 Å². The van der Waals surface area contributed by atoms with Gasteiger partial charge in [-0.05, 0) is 5.53 Å². The molecule has 0 saturated carbocycles. The van der Waals surface area contributed by atoms with E-state index in [1.165, 1.54) is 0 Å². The summed E-state index contributed by atoms with van der Waals surface area (Å²) in [6.07, 6.45) is -4.09. The lowest BCUT2D eigenvalue weighted by Crippen LogP contribution is -2.36. The van der Waals surface area contributed by atoms with Gasteiger partial charge < -0.3 is 38.5 Å². The maximum Gasteiger partial charge on any atom is 0.330 e. The van der Waals surface area contributed by atoms with E-state index in [4.69, 9.17) is 10.3 Å². The fourth-order valence-corrected chi connectivity index (χ4v) is 5.22. The zero-order valence-corrected chi connectivity index (χ0v) is 17.2. The predicted octanol–water partition coefficient (Wildman–Crippen LogP) is -3.71. The van der Waals surface area contributed by atoms with E-state index in [1.807, 2.05) is 4.98 Å². The fourth-order valence-electron chi connectivity index (χ4n) is 2.36. The summed E-state index contributed by atoms with van der Waals surface area (Å²) in [7, 11) is -18.3. The number of H-pyrrole nitrogens is 1. The topological polar surface area (TPSA) is 304 Å². The summed E-state index contributed by atoms with van der Waals surface area (Å²) in [6, 6.07) is -0.639. The van der Waals surface area contributed by atoms with E-state index in [9.17, 15) is 48.0 Å². The van der Waals surface area contributed by atoms with Gasteiger partial charge in [0.1, 0.15) is 18.4 Å². The highest BCUT2D eigenvalue weighted by atomic mass is 31.3. The molecular formula is C9H10N5O14P3-4. The molecule has 174 valence electrons. The zero-order valence-electron chi connectivity index (χ0n) is 14.6. The minimum atomic E-state index is -6.19. The molecule has 0 spiro atoms. The van der Waals surface area contributed by atoms with Gasteiger partial charge in [0.2, 0.25) is 0 Å². The maximum atomic E-state index is 11.9. The highest BCUT2D eigenvalue weighted by Crippen LogP contribution is 2.60. The second-order valence-corrected chi connectivity index (χ2v) is 9.82. The molecule has 1 aliphatic rings. The lowest BCUT2D eigenvalue weighted by Gasteiger charge is -2.37. The maximum absolute atomic E-state index is 11.9. The van der Waals surface area contributed by atoms with Crippen molar-refractivity contribution < 1.29 is 56.3 Å². The van der Waals surface area contributed by atoms with E-state index >= 15 is 0 Å². The Labute approximate surface area is 169 Å². The Balaban J connectivity index is 2.16. The first-order valence-electron chi connectivity index (χ1n) is 7.55. The molecular weight excluding hydrogens is 495 g/mol. The van der Waals surface area contributed by atoms with Crippen LogP contribution in [-0.2, 0) is 31.6 Å². The van der Waals surface area contributed by atoms with Crippen molar-refractivity contribution in [2.75, 3.05) is 6.61 Å². The van der Waals surface area contributed by atoms with Crippen LogP contribution in [0, 0.1) is 0 Å². The van der Waals surface area contributed by atoms with E-state index < -0.39 is 65.8 Å². The van der Waals surface area contributed by atoms with Gasteiger partial charge in [0.25, 0.3) is 21.2 Å². The second-order valence-electron chi connectivity index (χ2n) is 5.57. The smallest absolute Gasteiger partial charge is 0.330 e. The van der Waals surface area contributed by atoms with Gasteiger partial charge in [0, 0.05) is 17.2 Å². The average molecular weight is 505 g/mol. The molecule has 1 aromatic heterocycles. The Morgan fingerprint density at radius 1 is 1.23 bits per heavy atom. The van der Waals surface area contributed by atoms with Crippen molar-refractivity contribution in [3.63, 3.8) is 0 Å². The van der Waals surface area contributed by atoms with Gasteiger partial charge in [-0.15, -0.1) is 0 Å². The van der Waals surface area contributed by atoms with Crippen LogP contribution in [0.2, 0.25) is 0 Å². The molecule has 19 nitrogen and oxygen atoms in total. The number of hydrogen-bond acceptors (Lipinski definition) is 15. The van der Waals surface area contributed by atoms with Crippen molar-refractivity contribution in [1.29, 1.82) is 0 Å². The van der Waals surface area contributed by atoms with Crippen LogP contribution in [0.1, 0.15) is 6.23 Å². The standard InChI is InChI=1S/C9H14N5O14P3/c10-13-12-6-7(16)4(26-8(6)14-2-1-5(15)11-9(14)17)3-25-30(21,22)28-31(23,24)27-29(18,19)20/h1-2,4,6-8,16H,3H2,(H,21,22)(H,23,24)(H,11,15,17)(H2,18,19,20)/p-4. The van der Waals surface area contributed by atoms with E-state index in [0.717, 1.165) is 12.3 Å². The van der Waals surface area contributed by atoms with E-state index in [-0.39, 0.29) is 0 Å². The molecule has 0 radical (unpaired) electrons. The van der Waals surface area contributed by atoms with Gasteiger partial charge in [-0.2, -0.15) is 0 Å². The largest absolute Gasteiger partial charge is 0.790 e. The summed E-state index contributed by atoms with van der Waals surface area (Å²) in [5.74, 6) is 0. The zero-order chi connectivity index (χ0) is 23.6. The van der Waals surface area contributed by atoms with Crippen LogP contribution < -0.4 is 30.8 Å². The third-order valence-electron chi connectivity index (χ3n) is 3.44. The van der Waals surface area contributed by atoms with Gasteiger partial charge in [0.15, 0.2) is 0 Å². The number of phosphoric ester groups is 1. The number of azide groups is 1. The Morgan fingerprint density at radius 2 is 1.87 bits per heavy atom. The summed E-state index contributed by atoms with van der Waals surface area (Å²) in [5.41, 5.74) is 6.82. The number of ether oxygens (including phenoxy) is 1. The minimum Gasteiger partial charge on any atom is -0.790 e. The normalized spacial score (nSPS) is 27.8. The summed E-state index contributed by atoms with van der Waals surface area (Å²) < 4.78 is 49.4. The lowest BCUT2D eigenvalue weighted by molar-refractivity contribution is -0.339. The molecule has 0 amide bonds. The van der Waals surface area contributed by atoms with Gasteiger partial charge in [-0.3, -0.25) is 27.8 Å². The number of phosphoric acid groups is 3. The fraction of sp³-hybridized carbons (Fsp3) is 0.556. The SMILES string of the molecule is [N-]=[N+]=NC1C(O)C(COP(=O)([O-])OP(=O)([O-])OP(=O)([O-])[O-])OC1n1ccc(=O)[nH]c1=O. The number of aromatic amines is 1. The molecule has 31 heavy (non-hydrogen) atoms. The van der Waals surface area contributed by atoms with E-state index in [2.05, 4.69) is 23.2 Å². The van der Waals surface area contributed by atoms with Gasteiger partial charge in [-0.25, -0.2) is 9.11 Å². The molecule has 0 bridgehead atoms. The Bertz CT molecular complexity index is 1120. The number of nitrogens with one attached hydrogen (secondary N) is 1. The van der Waals surface area contributed by atoms with Gasteiger partial charge in [0.05, 0.1) is 20.5 Å². The molecule has 1 aliphatic heterocycles. The monoisotopic (exact) mass is 505 g/mol. The van der Waals surface area contributed by atoms with Crippen molar-refractivity contribution in [2.24, 2.45) is 5.11 Å². The Hall–Kier alpha value is -1.68. The van der Waals surface area contributed by atoms with Gasteiger partial charge >= 0.3 is 5.69 Å². The predicted molar refractivity (Wildman–Crippen MR) is 85.1 cm³/mol. The van der Waals surface area contributed by atoms with Crippen LogP contribution in [0.4, 0.5) is 0 Å². The van der Waals surface area contributed by atoms with E-state index in [1.54, 1.807) is 0 Å². The van der Waals surface area contributed by atoms with Crippen LogP contribution >= 0.6 is 23.5 Å². The molecule has 1 fully saturated rings. The molecule has 6 unspecified atom stereocenters. The molecule has 2 rings (SSSR count). The molecule has 2 heterocycles. The third kappa shape index (κ3) is 7.17. The first-order valence-corrected chi connectivity index (χ1v) is 11.9. The number of aliphatic hydroxyl groups is 1. The minimum absolute atomic E-state index is 0.705. The summed E-state index contributed by atoms with van der Waals surface area (Å²) in [6.45, 7) is -1.18. The number of hydrogen-bond donors (Lipinski definition) is 2. The van der Waals surface area contributed by atoms with Crippen molar-refractivity contribution in [3.8, 4) is 0 Å². The number of nitrogens with zero attached hydrogens (tertiary/aromatic N) is 4. The lowest BCUT2D eigenvalue weighted by atomic mass is 10.1. The molecule has 0 aromatic carbocycles. The molecule has 1 saturated heterocycles. The van der Waals surface area contributed by atoms with Crippen molar-refractivity contribution >= 4 is 23.5 Å². The molecule has 1 aromatic rings. The molecule has 0 aliphatic carbocycles. The molecule has 2 N–H and O–H groups in total. The summed E-state index contributed by atoms with van der Waals surface area (Å²) in [5, 5.41) is 13.4. The van der Waals surface area contributed by atoms with Crippen LogP contribution in [0.5, 0.6) is 0 Å². The Morgan fingerprint density at radius 3 is 2.42 bits per heavy atom. The van der Waals surface area contributed by atoms with E-state index in [0.29, 0.717) is 4.57 Å². The molecule has 6 atom stereocenters. The Kier molecular flexibility index (Phi) is 7.79. The first kappa shape index (κ1) is 25.6. The van der Waals surface area contributed by atoms with Crippen LogP contribution in [-0.4, -0.2) is 39.5 Å². The average Bonchev–Trinajstić information content (AvgIpc) is 2.86. The summed E-state index contributed by atoms with van der Waals surface area (Å²) in [4.78, 5) is 70.6. The van der Waals surface area contributed by atoms with Crippen molar-refractivity contribution in [1.82, 2.24) is 9.55 Å². The van der Waals surface area contributed by atoms with Crippen molar-refractivity contribution in [3.05, 3.63) is 43.5 Å². The summed E-state index contributed by atoms with van der Waals surface area (Å²) >= 11 is 0.